The number of likely N-dealkylation sites (tertiary alicyclic amines) is 1. The molecule has 2 aliphatic rings. The highest BCUT2D eigenvalue weighted by atomic mass is 16.3. The molecule has 0 saturated carbocycles. The summed E-state index contributed by atoms with van der Waals surface area (Å²) < 4.78 is 7.35. The van der Waals surface area contributed by atoms with Crippen molar-refractivity contribution in [1.29, 1.82) is 0 Å². The first kappa shape index (κ1) is 19.0. The molecule has 156 valence electrons. The molecule has 5 rings (SSSR count). The molecule has 9 nitrogen and oxygen atoms in total. The maximum atomic E-state index is 12.7. The summed E-state index contributed by atoms with van der Waals surface area (Å²) in [5, 5.41) is 19.2. The molecule has 9 heteroatoms. The lowest BCUT2D eigenvalue weighted by Gasteiger charge is -2.29. The molecule has 3 aromatic rings. The van der Waals surface area contributed by atoms with Crippen LogP contribution in [0.3, 0.4) is 0 Å². The number of aliphatic hydroxyl groups is 1. The summed E-state index contributed by atoms with van der Waals surface area (Å²) in [5.74, 6) is 1.71. The molecule has 4 heterocycles. The number of oxazole rings is 1. The van der Waals surface area contributed by atoms with Gasteiger partial charge < -0.3 is 19.0 Å². The van der Waals surface area contributed by atoms with Crippen molar-refractivity contribution in [2.24, 2.45) is 0 Å². The quantitative estimate of drug-likeness (QED) is 0.699. The molecule has 1 fully saturated rings. The van der Waals surface area contributed by atoms with Crippen LogP contribution in [0.1, 0.15) is 45.9 Å². The first-order valence-corrected chi connectivity index (χ1v) is 10.2. The van der Waals surface area contributed by atoms with Crippen molar-refractivity contribution in [3.63, 3.8) is 0 Å². The van der Waals surface area contributed by atoms with E-state index in [1.54, 1.807) is 11.8 Å². The lowest BCUT2D eigenvalue weighted by molar-refractivity contribution is 0.0671. The average molecular weight is 408 g/mol. The molecule has 0 unspecified atom stereocenters. The fourth-order valence-electron chi connectivity index (χ4n) is 4.39. The fraction of sp³-hybridized carbons (Fsp3) is 0.429. The summed E-state index contributed by atoms with van der Waals surface area (Å²) >= 11 is 0. The molecule has 0 radical (unpaired) electrons. The van der Waals surface area contributed by atoms with Crippen LogP contribution >= 0.6 is 0 Å². The number of hydrogen-bond acceptors (Lipinski definition) is 7. The van der Waals surface area contributed by atoms with Gasteiger partial charge >= 0.3 is 0 Å². The zero-order valence-corrected chi connectivity index (χ0v) is 16.8. The minimum absolute atomic E-state index is 0.000209. The van der Waals surface area contributed by atoms with Gasteiger partial charge in [-0.3, -0.25) is 9.69 Å². The van der Waals surface area contributed by atoms with E-state index in [1.165, 1.54) is 12.0 Å². The highest BCUT2D eigenvalue weighted by molar-refractivity contribution is 5.92. The summed E-state index contributed by atoms with van der Waals surface area (Å²) in [7, 11) is 0. The van der Waals surface area contributed by atoms with Crippen LogP contribution in [-0.4, -0.2) is 59.8 Å². The van der Waals surface area contributed by atoms with Crippen molar-refractivity contribution >= 4 is 5.91 Å². The van der Waals surface area contributed by atoms with Gasteiger partial charge in [-0.05, 0) is 18.9 Å². The third-order valence-corrected chi connectivity index (χ3v) is 5.92. The first-order valence-electron chi connectivity index (χ1n) is 10.2. The molecule has 0 aliphatic carbocycles. The van der Waals surface area contributed by atoms with Crippen LogP contribution in [-0.2, 0) is 19.6 Å². The van der Waals surface area contributed by atoms with Gasteiger partial charge in [-0.1, -0.05) is 30.3 Å². The number of fused-ring (bicyclic) bond motifs is 1. The molecular weight excluding hydrogens is 384 g/mol. The summed E-state index contributed by atoms with van der Waals surface area (Å²) in [5.41, 5.74) is 1.79. The number of aromatic nitrogens is 4. The number of aryl methyl sites for hydroxylation is 1. The second kappa shape index (κ2) is 7.66. The first-order chi connectivity index (χ1) is 14.6. The van der Waals surface area contributed by atoms with Crippen molar-refractivity contribution in [3.8, 4) is 0 Å². The molecule has 1 amide bonds. The van der Waals surface area contributed by atoms with Gasteiger partial charge in [0.1, 0.15) is 0 Å². The van der Waals surface area contributed by atoms with Gasteiger partial charge in [0.05, 0.1) is 24.4 Å². The number of rotatable bonds is 4. The van der Waals surface area contributed by atoms with Crippen molar-refractivity contribution in [1.82, 2.24) is 29.5 Å². The largest absolute Gasteiger partial charge is 0.438 e. The number of carbonyl (C=O) groups is 1. The molecule has 1 N–H and O–H groups in total. The number of hydrogen-bond donors (Lipinski definition) is 1. The van der Waals surface area contributed by atoms with E-state index in [0.717, 1.165) is 18.2 Å². The Kier molecular flexibility index (Phi) is 4.84. The zero-order valence-electron chi connectivity index (χ0n) is 16.8. The lowest BCUT2D eigenvalue weighted by Crippen LogP contribution is -2.39. The number of aliphatic hydroxyl groups excluding tert-OH is 1. The van der Waals surface area contributed by atoms with E-state index in [1.807, 2.05) is 18.2 Å². The Bertz CT molecular complexity index is 1050. The number of amides is 1. The second-order valence-corrected chi connectivity index (χ2v) is 7.94. The molecular formula is C21H24N6O3. The van der Waals surface area contributed by atoms with Crippen LogP contribution in [0.15, 0.2) is 41.1 Å². The van der Waals surface area contributed by atoms with Crippen LogP contribution in [0.4, 0.5) is 0 Å². The molecule has 1 aromatic carbocycles. The Morgan fingerprint density at radius 1 is 1.23 bits per heavy atom. The maximum Gasteiger partial charge on any atom is 0.292 e. The molecule has 1 saturated heterocycles. The van der Waals surface area contributed by atoms with Crippen LogP contribution in [0.25, 0.3) is 0 Å². The average Bonchev–Trinajstić information content (AvgIpc) is 3.46. The number of nitrogens with zero attached hydrogens (tertiary/aromatic N) is 6. The summed E-state index contributed by atoms with van der Waals surface area (Å²) in [6.45, 7) is 4.65. The van der Waals surface area contributed by atoms with Gasteiger partial charge in [-0.25, -0.2) is 4.98 Å². The Morgan fingerprint density at radius 2 is 2.07 bits per heavy atom. The third kappa shape index (κ3) is 3.40. The third-order valence-electron chi connectivity index (χ3n) is 5.92. The Labute approximate surface area is 173 Å². The van der Waals surface area contributed by atoms with E-state index in [4.69, 9.17) is 4.42 Å². The van der Waals surface area contributed by atoms with Crippen LogP contribution < -0.4 is 0 Å². The Hall–Kier alpha value is -3.04. The van der Waals surface area contributed by atoms with Gasteiger partial charge in [0.15, 0.2) is 18.0 Å². The van der Waals surface area contributed by atoms with Crippen LogP contribution in [0, 0.1) is 6.92 Å². The topological polar surface area (TPSA) is 101 Å². The fourth-order valence-corrected chi connectivity index (χ4v) is 4.39. The number of benzene rings is 1. The van der Waals surface area contributed by atoms with Crippen molar-refractivity contribution < 1.29 is 14.3 Å². The predicted molar refractivity (Wildman–Crippen MR) is 106 cm³/mol. The predicted octanol–water partition coefficient (Wildman–Crippen LogP) is 1.54. The van der Waals surface area contributed by atoms with E-state index in [9.17, 15) is 9.90 Å². The van der Waals surface area contributed by atoms with Gasteiger partial charge in [-0.2, -0.15) is 0 Å². The highest BCUT2D eigenvalue weighted by Gasteiger charge is 2.37. The smallest absolute Gasteiger partial charge is 0.292 e. The van der Waals surface area contributed by atoms with Gasteiger partial charge in [0, 0.05) is 26.2 Å². The second-order valence-electron chi connectivity index (χ2n) is 7.94. The summed E-state index contributed by atoms with van der Waals surface area (Å²) in [6, 6.07) is 10.2. The summed E-state index contributed by atoms with van der Waals surface area (Å²) in [4.78, 5) is 20.7. The van der Waals surface area contributed by atoms with Gasteiger partial charge in [0.25, 0.3) is 5.91 Å². The van der Waals surface area contributed by atoms with Gasteiger partial charge in [-0.15, -0.1) is 10.2 Å². The molecule has 30 heavy (non-hydrogen) atoms. The normalized spacial score (nSPS) is 21.7. The number of β-amino-alcohol motifs (C(OH)–C–C–N with tert-alkyl or cyclic N) is 1. The molecule has 2 aromatic heterocycles. The van der Waals surface area contributed by atoms with Gasteiger partial charge in [0.2, 0.25) is 5.76 Å². The minimum Gasteiger partial charge on any atom is -0.438 e. The van der Waals surface area contributed by atoms with Crippen LogP contribution in [0.2, 0.25) is 0 Å². The van der Waals surface area contributed by atoms with Crippen LogP contribution in [0.5, 0.6) is 0 Å². The number of carbonyl (C=O) groups excluding carboxylic acids is 1. The van der Waals surface area contributed by atoms with E-state index in [0.29, 0.717) is 38.3 Å². The van der Waals surface area contributed by atoms with E-state index in [-0.39, 0.29) is 23.8 Å². The maximum absolute atomic E-state index is 12.7. The Balaban J connectivity index is 1.35. The minimum atomic E-state index is -0.386. The SMILES string of the molecule is Cc1ncoc1C(=O)N1CCn2c(nnc2[C@@H]2C[C@@H](O)CN2Cc2ccccc2)C1. The highest BCUT2D eigenvalue weighted by Crippen LogP contribution is 2.33. The van der Waals surface area contributed by atoms with E-state index in [2.05, 4.69) is 36.8 Å². The van der Waals surface area contributed by atoms with Crippen molar-refractivity contribution in [2.75, 3.05) is 13.1 Å². The standard InChI is InChI=1S/C21H24N6O3/c1-14-19(30-13-22-14)21(29)25-7-8-27-18(12-25)23-24-20(27)17-9-16(28)11-26(17)10-15-5-3-2-4-6-15/h2-6,13,16-17,28H,7-12H2,1H3/t16-,17+/m1/s1. The Morgan fingerprint density at radius 3 is 2.83 bits per heavy atom. The lowest BCUT2D eigenvalue weighted by atomic mass is 10.1. The van der Waals surface area contributed by atoms with E-state index < -0.39 is 0 Å². The van der Waals surface area contributed by atoms with Crippen molar-refractivity contribution in [2.45, 2.75) is 45.1 Å². The zero-order chi connectivity index (χ0) is 20.7. The molecule has 0 bridgehead atoms. The molecule has 2 atom stereocenters. The van der Waals surface area contributed by atoms with Crippen molar-refractivity contribution in [3.05, 3.63) is 65.4 Å². The molecule has 2 aliphatic heterocycles. The van der Waals surface area contributed by atoms with E-state index >= 15 is 0 Å². The summed E-state index contributed by atoms with van der Waals surface area (Å²) in [6.07, 6.45) is 1.54. The monoisotopic (exact) mass is 408 g/mol. The molecule has 0 spiro atoms.